The number of benzene rings is 1. The molecule has 0 spiro atoms. The minimum Gasteiger partial charge on any atom is -0.497 e. The van der Waals surface area contributed by atoms with E-state index in [1.54, 1.807) is 79.0 Å². The summed E-state index contributed by atoms with van der Waals surface area (Å²) in [6.07, 6.45) is -8.86. The fraction of sp³-hybridized carbons (Fsp3) is 0.709. The Balaban J connectivity index is 1.49. The molecule has 1 aromatic carbocycles. The molecule has 3 aliphatic rings. The number of aliphatic hydroxyl groups is 3. The standard InChI is InChI=1S/C55H87N5O16S/c1-16-41-55(10,67)47(75-51(64)56-29-37-19-21-38(68-14)22-20-37)35(6)60(13)30-31(2)27-53(8,66)46(74-50-44(62)40(59(11)12)26-32(3)70-50)33(4)45(34(5)49(63)72-41)73-43-28-54(9,69-15)48(36(7)71-43)76-52(65)58-57-42(61)24-23-39-18-17-25-77-39/h17-25,31-36,40-41,43-48,50,62,66-67H,16,26-30H2,1-15H3,(H,56,64)(H,57,61)(H,58,65)/b24-23+/t31-,32-,33-,34-,35-,36+,40+,41+,43+,44-,45+,46-,47-,48+,50+,53-,54-,55-/m1/s1. The van der Waals surface area contributed by atoms with Gasteiger partial charge in [0.1, 0.15) is 29.2 Å². The second-order valence-corrected chi connectivity index (χ2v) is 23.1. The number of hydrazine groups is 1. The van der Waals surface area contributed by atoms with Gasteiger partial charge < -0.3 is 68.2 Å². The van der Waals surface area contributed by atoms with E-state index in [1.807, 2.05) is 69.2 Å². The summed E-state index contributed by atoms with van der Waals surface area (Å²) in [5.41, 5.74) is 0.404. The summed E-state index contributed by atoms with van der Waals surface area (Å²) in [7, 11) is 8.55. The third kappa shape index (κ3) is 16.6. The number of methoxy groups -OCH3 is 2. The maximum Gasteiger partial charge on any atom is 0.426 e. The third-order valence-electron chi connectivity index (χ3n) is 15.4. The normalized spacial score (nSPS) is 37.0. The van der Waals surface area contributed by atoms with E-state index in [4.69, 9.17) is 42.6 Å². The van der Waals surface area contributed by atoms with Gasteiger partial charge in [0.25, 0.3) is 5.91 Å². The van der Waals surface area contributed by atoms with Crippen molar-refractivity contribution in [2.45, 2.75) is 192 Å². The molecule has 434 valence electrons. The number of nitrogens with one attached hydrogen (secondary N) is 3. The van der Waals surface area contributed by atoms with E-state index in [2.05, 4.69) is 16.2 Å². The van der Waals surface area contributed by atoms with Crippen molar-refractivity contribution in [3.8, 4) is 5.75 Å². The lowest BCUT2D eigenvalue weighted by atomic mass is 9.77. The maximum atomic E-state index is 15.0. The van der Waals surface area contributed by atoms with Crippen molar-refractivity contribution < 1.29 is 77.1 Å². The predicted molar refractivity (Wildman–Crippen MR) is 287 cm³/mol. The Morgan fingerprint density at radius 1 is 0.909 bits per heavy atom. The third-order valence-corrected chi connectivity index (χ3v) is 16.3. The quantitative estimate of drug-likeness (QED) is 0.0601. The van der Waals surface area contributed by atoms with E-state index in [0.29, 0.717) is 18.7 Å². The van der Waals surface area contributed by atoms with Crippen molar-refractivity contribution in [2.75, 3.05) is 41.9 Å². The molecular weight excluding hydrogens is 1020 g/mol. The Morgan fingerprint density at radius 3 is 2.19 bits per heavy atom. The molecule has 6 N–H and O–H groups in total. The van der Waals surface area contributed by atoms with Gasteiger partial charge in [0, 0.05) is 55.6 Å². The van der Waals surface area contributed by atoms with Crippen LogP contribution in [0.2, 0.25) is 0 Å². The Kier molecular flexibility index (Phi) is 22.7. The van der Waals surface area contributed by atoms with Gasteiger partial charge in [0.15, 0.2) is 24.8 Å². The number of likely N-dealkylation sites (N-methyl/N-ethyl adjacent to an activating group) is 2. The van der Waals surface area contributed by atoms with Crippen LogP contribution in [0.3, 0.4) is 0 Å². The van der Waals surface area contributed by atoms with E-state index in [-0.39, 0.29) is 43.9 Å². The van der Waals surface area contributed by atoms with Crippen molar-refractivity contribution in [1.82, 2.24) is 26.0 Å². The van der Waals surface area contributed by atoms with Crippen LogP contribution in [0, 0.1) is 17.8 Å². The fourth-order valence-electron chi connectivity index (χ4n) is 11.1. The fourth-order valence-corrected chi connectivity index (χ4v) is 11.7. The Labute approximate surface area is 458 Å². The topological polar surface area (TPSA) is 255 Å². The van der Waals surface area contributed by atoms with Crippen LogP contribution in [0.25, 0.3) is 6.08 Å². The molecular formula is C55H87N5O16S. The number of nitrogens with zero attached hydrogens (tertiary/aromatic N) is 2. The zero-order valence-corrected chi connectivity index (χ0v) is 48.4. The monoisotopic (exact) mass is 1110 g/mol. The number of aliphatic hydroxyl groups excluding tert-OH is 1. The minimum absolute atomic E-state index is 0.0474. The van der Waals surface area contributed by atoms with Crippen molar-refractivity contribution in [2.24, 2.45) is 17.8 Å². The zero-order chi connectivity index (χ0) is 57.2. The summed E-state index contributed by atoms with van der Waals surface area (Å²) >= 11 is 1.44. The highest BCUT2D eigenvalue weighted by Gasteiger charge is 2.54. The summed E-state index contributed by atoms with van der Waals surface area (Å²) < 4.78 is 56.1. The van der Waals surface area contributed by atoms with Gasteiger partial charge in [-0.15, -0.1) is 11.3 Å². The first-order valence-electron chi connectivity index (χ1n) is 26.6. The molecule has 0 aliphatic carbocycles. The first-order valence-corrected chi connectivity index (χ1v) is 27.4. The van der Waals surface area contributed by atoms with Crippen molar-refractivity contribution in [3.05, 3.63) is 58.3 Å². The molecule has 4 heterocycles. The largest absolute Gasteiger partial charge is 0.497 e. The number of hydrogen-bond acceptors (Lipinski definition) is 19. The number of amides is 3. The highest BCUT2D eigenvalue weighted by molar-refractivity contribution is 7.10. The van der Waals surface area contributed by atoms with Crippen LogP contribution in [0.1, 0.15) is 105 Å². The van der Waals surface area contributed by atoms with Gasteiger partial charge >= 0.3 is 18.2 Å². The van der Waals surface area contributed by atoms with Gasteiger partial charge in [-0.05, 0) is 130 Å². The summed E-state index contributed by atoms with van der Waals surface area (Å²) in [6, 6.07) is 9.81. The summed E-state index contributed by atoms with van der Waals surface area (Å²) in [5, 5.41) is 42.1. The molecule has 0 unspecified atom stereocenters. The second-order valence-electron chi connectivity index (χ2n) is 22.1. The molecule has 18 atom stereocenters. The number of carbonyl (C=O) groups is 4. The molecule has 3 fully saturated rings. The molecule has 3 aliphatic heterocycles. The molecule has 5 rings (SSSR count). The highest BCUT2D eigenvalue weighted by Crippen LogP contribution is 2.41. The number of hydrogen-bond donors (Lipinski definition) is 6. The molecule has 22 heteroatoms. The van der Waals surface area contributed by atoms with Gasteiger partial charge in [-0.1, -0.05) is 39.0 Å². The lowest BCUT2D eigenvalue weighted by Crippen LogP contribution is -2.61. The van der Waals surface area contributed by atoms with E-state index < -0.39 is 114 Å². The minimum atomic E-state index is -1.97. The highest BCUT2D eigenvalue weighted by atomic mass is 32.1. The molecule has 1 aromatic heterocycles. The Morgan fingerprint density at radius 2 is 1.58 bits per heavy atom. The number of ether oxygens (including phenoxy) is 9. The van der Waals surface area contributed by atoms with Crippen LogP contribution in [0.4, 0.5) is 9.59 Å². The van der Waals surface area contributed by atoms with Gasteiger partial charge in [0.2, 0.25) is 0 Å². The Hall–Kier alpha value is -4.46. The average Bonchev–Trinajstić information content (AvgIpc) is 3.91. The molecule has 3 amide bonds. The number of esters is 1. The van der Waals surface area contributed by atoms with Crippen LogP contribution in [-0.2, 0) is 54.0 Å². The SMILES string of the molecule is CC[C@@H]1OC(=O)[C@H](C)[C@@H](O[C@H]2C[C@@](C)(OC)[C@@H](OC(=O)NNC(=O)/C=C/c3cccs3)[C@H](C)O2)[C@@H](C)[C@@H](O[C@@H]2O[C@H](C)C[C@H](N(C)C)[C@H]2O)[C@](C)(O)C[C@@H](C)CN(C)[C@H](C)[C@@H](OC(=O)NCc2ccc(OC)cc2)[C@]1(C)O. The molecule has 77 heavy (non-hydrogen) atoms. The molecule has 2 aromatic rings. The summed E-state index contributed by atoms with van der Waals surface area (Å²) in [5.74, 6) is -3.09. The van der Waals surface area contributed by atoms with Crippen molar-refractivity contribution in [1.29, 1.82) is 0 Å². The lowest BCUT2D eigenvalue weighted by molar-refractivity contribution is -0.317. The number of cyclic esters (lactones) is 1. The predicted octanol–water partition coefficient (Wildman–Crippen LogP) is 5.38. The first-order chi connectivity index (χ1) is 36.1. The van der Waals surface area contributed by atoms with Gasteiger partial charge in [-0.3, -0.25) is 19.9 Å². The average molecular weight is 1110 g/mol. The van der Waals surface area contributed by atoms with Crippen molar-refractivity contribution in [3.63, 3.8) is 0 Å². The number of alkyl carbamates (subject to hydrolysis) is 1. The number of thiophene rings is 1. The second kappa shape index (κ2) is 27.6. The lowest BCUT2D eigenvalue weighted by Gasteiger charge is -2.49. The van der Waals surface area contributed by atoms with Crippen molar-refractivity contribution >= 4 is 41.5 Å². The molecule has 0 saturated carbocycles. The number of rotatable bonds is 14. The van der Waals surface area contributed by atoms with E-state index in [9.17, 15) is 34.5 Å². The van der Waals surface area contributed by atoms with E-state index in [0.717, 1.165) is 10.4 Å². The van der Waals surface area contributed by atoms with E-state index >= 15 is 0 Å². The van der Waals surface area contributed by atoms with Crippen LogP contribution >= 0.6 is 11.3 Å². The zero-order valence-electron chi connectivity index (χ0n) is 47.6. The molecule has 21 nitrogen and oxygen atoms in total. The maximum absolute atomic E-state index is 15.0. The molecule has 3 saturated heterocycles. The molecule has 0 bridgehead atoms. The van der Waals surface area contributed by atoms with Gasteiger partial charge in [-0.25, -0.2) is 15.0 Å². The number of carbonyl (C=O) groups excluding carboxylic acids is 4. The Bertz CT molecular complexity index is 2240. The molecule has 0 radical (unpaired) electrons. The van der Waals surface area contributed by atoms with Gasteiger partial charge in [-0.2, -0.15) is 0 Å². The van der Waals surface area contributed by atoms with Crippen LogP contribution in [-0.4, -0.2) is 181 Å². The van der Waals surface area contributed by atoms with Crippen LogP contribution < -0.4 is 20.9 Å². The van der Waals surface area contributed by atoms with Gasteiger partial charge in [0.05, 0.1) is 43.0 Å². The van der Waals surface area contributed by atoms with E-state index in [1.165, 1.54) is 31.4 Å². The summed E-state index contributed by atoms with van der Waals surface area (Å²) in [6.45, 7) is 17.7. The smallest absolute Gasteiger partial charge is 0.426 e. The van der Waals surface area contributed by atoms with Crippen LogP contribution in [0.15, 0.2) is 47.9 Å². The first kappa shape index (κ1) is 63.4. The summed E-state index contributed by atoms with van der Waals surface area (Å²) in [4.78, 5) is 59.0. The van der Waals surface area contributed by atoms with Crippen LogP contribution in [0.5, 0.6) is 5.75 Å².